The molecular formula is C11H13F2NO2. The van der Waals surface area contributed by atoms with E-state index in [4.69, 9.17) is 5.73 Å². The van der Waals surface area contributed by atoms with Gasteiger partial charge in [0.15, 0.2) is 0 Å². The first-order chi connectivity index (χ1) is 7.54. The van der Waals surface area contributed by atoms with Crippen LogP contribution in [0.2, 0.25) is 0 Å². The normalized spacial score (nSPS) is 12.2. The van der Waals surface area contributed by atoms with Crippen molar-refractivity contribution >= 4 is 5.97 Å². The second kappa shape index (κ2) is 5.55. The Morgan fingerprint density at radius 2 is 2.19 bits per heavy atom. The van der Waals surface area contributed by atoms with Crippen molar-refractivity contribution < 1.29 is 18.3 Å². The summed E-state index contributed by atoms with van der Waals surface area (Å²) in [6.07, 6.45) is -0.129. The minimum Gasteiger partial charge on any atom is -0.466 e. The van der Waals surface area contributed by atoms with Gasteiger partial charge in [0.25, 0.3) is 0 Å². The lowest BCUT2D eigenvalue weighted by Crippen LogP contribution is -2.18. The van der Waals surface area contributed by atoms with Gasteiger partial charge in [-0.15, -0.1) is 0 Å². The second-order valence-corrected chi connectivity index (χ2v) is 3.28. The Balaban J connectivity index is 2.72. The first-order valence-corrected chi connectivity index (χ1v) is 4.90. The van der Waals surface area contributed by atoms with E-state index >= 15 is 0 Å². The van der Waals surface area contributed by atoms with Crippen LogP contribution in [0.5, 0.6) is 0 Å². The summed E-state index contributed by atoms with van der Waals surface area (Å²) in [6.45, 7) is 1.92. The van der Waals surface area contributed by atoms with Crippen molar-refractivity contribution in [1.29, 1.82) is 0 Å². The highest BCUT2D eigenvalue weighted by Gasteiger charge is 2.16. The molecule has 0 fully saturated rings. The number of nitrogens with two attached hydrogens (primary N) is 1. The first-order valence-electron chi connectivity index (χ1n) is 4.90. The van der Waals surface area contributed by atoms with Gasteiger partial charge in [-0.2, -0.15) is 0 Å². The summed E-state index contributed by atoms with van der Waals surface area (Å²) in [7, 11) is 0. The quantitative estimate of drug-likeness (QED) is 0.802. The molecule has 0 amide bonds. The average molecular weight is 229 g/mol. The second-order valence-electron chi connectivity index (χ2n) is 3.28. The molecule has 5 heteroatoms. The summed E-state index contributed by atoms with van der Waals surface area (Å²) < 4.78 is 30.6. The van der Waals surface area contributed by atoms with Crippen LogP contribution in [0.1, 0.15) is 24.9 Å². The van der Waals surface area contributed by atoms with Gasteiger partial charge in [-0.05, 0) is 13.0 Å². The van der Waals surface area contributed by atoms with Gasteiger partial charge in [-0.1, -0.05) is 6.07 Å². The zero-order valence-electron chi connectivity index (χ0n) is 8.87. The highest BCUT2D eigenvalue weighted by Crippen LogP contribution is 2.19. The summed E-state index contributed by atoms with van der Waals surface area (Å²) in [5, 5.41) is 0. The van der Waals surface area contributed by atoms with Crippen molar-refractivity contribution in [3.63, 3.8) is 0 Å². The maximum atomic E-state index is 13.3. The molecule has 0 aliphatic rings. The van der Waals surface area contributed by atoms with E-state index in [1.165, 1.54) is 6.07 Å². The van der Waals surface area contributed by atoms with Crippen molar-refractivity contribution in [2.24, 2.45) is 5.73 Å². The van der Waals surface area contributed by atoms with E-state index in [2.05, 4.69) is 4.74 Å². The van der Waals surface area contributed by atoms with E-state index in [-0.39, 0.29) is 18.6 Å². The zero-order valence-corrected chi connectivity index (χ0v) is 8.87. The summed E-state index contributed by atoms with van der Waals surface area (Å²) in [5.74, 6) is -1.93. The Morgan fingerprint density at radius 3 is 2.75 bits per heavy atom. The third-order valence-electron chi connectivity index (χ3n) is 2.05. The van der Waals surface area contributed by atoms with E-state index in [0.29, 0.717) is 0 Å². The number of rotatable bonds is 4. The number of hydrogen-bond acceptors (Lipinski definition) is 3. The molecule has 0 saturated carbocycles. The summed E-state index contributed by atoms with van der Waals surface area (Å²) in [4.78, 5) is 11.1. The maximum Gasteiger partial charge on any atom is 0.307 e. The standard InChI is InChI=1S/C11H13F2NO2/c1-2-16-11(15)6-10(14)8-4-3-7(12)5-9(8)13/h3-5,10H,2,6,14H2,1H3. The molecule has 1 aromatic carbocycles. The largest absolute Gasteiger partial charge is 0.466 e. The number of carbonyl (C=O) groups excluding carboxylic acids is 1. The Hall–Kier alpha value is -1.49. The molecule has 0 spiro atoms. The van der Waals surface area contributed by atoms with Gasteiger partial charge in [0, 0.05) is 17.7 Å². The molecule has 1 aromatic rings. The van der Waals surface area contributed by atoms with Gasteiger partial charge in [-0.25, -0.2) is 8.78 Å². The number of esters is 1. The van der Waals surface area contributed by atoms with E-state index in [1.807, 2.05) is 0 Å². The molecule has 16 heavy (non-hydrogen) atoms. The Labute approximate surface area is 92.2 Å². The average Bonchev–Trinajstić information content (AvgIpc) is 2.17. The van der Waals surface area contributed by atoms with Crippen LogP contribution in [0.25, 0.3) is 0 Å². The molecule has 0 radical (unpaired) electrons. The van der Waals surface area contributed by atoms with Crippen LogP contribution < -0.4 is 5.73 Å². The first kappa shape index (κ1) is 12.6. The third kappa shape index (κ3) is 3.27. The summed E-state index contributed by atoms with van der Waals surface area (Å²) in [6, 6.07) is 2.25. The Bertz CT molecular complexity index is 382. The summed E-state index contributed by atoms with van der Waals surface area (Å²) in [5.41, 5.74) is 5.72. The minimum atomic E-state index is -0.820. The Kier molecular flexibility index (Phi) is 4.37. The van der Waals surface area contributed by atoms with Crippen LogP contribution in [0.3, 0.4) is 0 Å². The molecule has 88 valence electrons. The zero-order chi connectivity index (χ0) is 12.1. The Morgan fingerprint density at radius 1 is 1.50 bits per heavy atom. The van der Waals surface area contributed by atoms with Gasteiger partial charge >= 0.3 is 5.97 Å². The molecule has 2 N–H and O–H groups in total. The molecule has 1 rings (SSSR count). The molecular weight excluding hydrogens is 216 g/mol. The summed E-state index contributed by atoms with van der Waals surface area (Å²) >= 11 is 0. The van der Waals surface area contributed by atoms with Crippen LogP contribution in [0.4, 0.5) is 8.78 Å². The van der Waals surface area contributed by atoms with Gasteiger partial charge in [0.05, 0.1) is 13.0 Å². The van der Waals surface area contributed by atoms with Gasteiger partial charge < -0.3 is 10.5 Å². The van der Waals surface area contributed by atoms with Crippen molar-refractivity contribution in [1.82, 2.24) is 0 Å². The van der Waals surface area contributed by atoms with Crippen molar-refractivity contribution in [2.75, 3.05) is 6.61 Å². The van der Waals surface area contributed by atoms with Gasteiger partial charge in [0.1, 0.15) is 11.6 Å². The SMILES string of the molecule is CCOC(=O)CC(N)c1ccc(F)cc1F. The van der Waals surface area contributed by atoms with Gasteiger partial charge in [-0.3, -0.25) is 4.79 Å². The fourth-order valence-corrected chi connectivity index (χ4v) is 1.31. The van der Waals surface area contributed by atoms with Crippen LogP contribution >= 0.6 is 0 Å². The monoisotopic (exact) mass is 229 g/mol. The number of hydrogen-bond donors (Lipinski definition) is 1. The van der Waals surface area contributed by atoms with E-state index in [1.54, 1.807) is 6.92 Å². The van der Waals surface area contributed by atoms with Crippen LogP contribution in [0.15, 0.2) is 18.2 Å². The molecule has 0 aromatic heterocycles. The smallest absolute Gasteiger partial charge is 0.307 e. The van der Waals surface area contributed by atoms with Gasteiger partial charge in [0.2, 0.25) is 0 Å². The lowest BCUT2D eigenvalue weighted by molar-refractivity contribution is -0.143. The topological polar surface area (TPSA) is 52.3 Å². The van der Waals surface area contributed by atoms with Crippen molar-refractivity contribution in [3.8, 4) is 0 Å². The predicted molar refractivity (Wildman–Crippen MR) is 54.5 cm³/mol. The molecule has 0 aliphatic carbocycles. The number of benzene rings is 1. The van der Waals surface area contributed by atoms with Crippen molar-refractivity contribution in [2.45, 2.75) is 19.4 Å². The van der Waals surface area contributed by atoms with Crippen LogP contribution in [-0.4, -0.2) is 12.6 Å². The predicted octanol–water partition coefficient (Wildman–Crippen LogP) is 1.92. The van der Waals surface area contributed by atoms with E-state index < -0.39 is 23.6 Å². The van der Waals surface area contributed by atoms with E-state index in [0.717, 1.165) is 12.1 Å². The maximum absolute atomic E-state index is 13.3. The third-order valence-corrected chi connectivity index (χ3v) is 2.05. The molecule has 0 bridgehead atoms. The molecule has 3 nitrogen and oxygen atoms in total. The fourth-order valence-electron chi connectivity index (χ4n) is 1.31. The molecule has 1 atom stereocenters. The lowest BCUT2D eigenvalue weighted by Gasteiger charge is -2.11. The highest BCUT2D eigenvalue weighted by molar-refractivity contribution is 5.70. The highest BCUT2D eigenvalue weighted by atomic mass is 19.1. The fraction of sp³-hybridized carbons (Fsp3) is 0.364. The number of carbonyl (C=O) groups is 1. The van der Waals surface area contributed by atoms with Crippen LogP contribution in [0, 0.1) is 11.6 Å². The van der Waals surface area contributed by atoms with Crippen LogP contribution in [-0.2, 0) is 9.53 Å². The number of halogens is 2. The molecule has 0 saturated heterocycles. The number of ether oxygens (including phenoxy) is 1. The van der Waals surface area contributed by atoms with Crippen molar-refractivity contribution in [3.05, 3.63) is 35.4 Å². The molecule has 1 unspecified atom stereocenters. The van der Waals surface area contributed by atoms with E-state index in [9.17, 15) is 13.6 Å². The minimum absolute atomic E-state index is 0.106. The molecule has 0 aliphatic heterocycles. The lowest BCUT2D eigenvalue weighted by atomic mass is 10.0. The molecule has 0 heterocycles.